The molecule has 4 nitrogen and oxygen atoms in total. The molecular formula is C19H14O4. The third-order valence-corrected chi connectivity index (χ3v) is 3.43. The highest BCUT2D eigenvalue weighted by atomic mass is 16.6. The van der Waals surface area contributed by atoms with Crippen LogP contribution >= 0.6 is 0 Å². The van der Waals surface area contributed by atoms with Crippen LogP contribution < -0.4 is 0 Å². The van der Waals surface area contributed by atoms with Crippen molar-refractivity contribution in [2.75, 3.05) is 7.11 Å². The molecule has 0 aliphatic carbocycles. The average molecular weight is 306 g/mol. The standard InChI is InChI=1S/C19H14O4/c1-22-18-16(14-10-6-3-7-11-14)17(20)15(23-19(18)21)12-13-8-4-2-5-9-13/h2-12H,1H3/b15-12-. The molecule has 2 aromatic carbocycles. The minimum atomic E-state index is -0.673. The molecule has 23 heavy (non-hydrogen) atoms. The van der Waals surface area contributed by atoms with Crippen molar-refractivity contribution < 1.29 is 19.1 Å². The van der Waals surface area contributed by atoms with E-state index in [0.717, 1.165) is 5.56 Å². The Balaban J connectivity index is 2.10. The molecule has 1 heterocycles. The lowest BCUT2D eigenvalue weighted by molar-refractivity contribution is -0.142. The number of hydrogen-bond donors (Lipinski definition) is 0. The van der Waals surface area contributed by atoms with E-state index >= 15 is 0 Å². The molecule has 0 saturated heterocycles. The maximum Gasteiger partial charge on any atom is 0.379 e. The molecule has 3 rings (SSSR count). The molecule has 2 aromatic rings. The van der Waals surface area contributed by atoms with Gasteiger partial charge in [0.2, 0.25) is 11.5 Å². The lowest BCUT2D eigenvalue weighted by atomic mass is 9.96. The van der Waals surface area contributed by atoms with Gasteiger partial charge >= 0.3 is 5.97 Å². The summed E-state index contributed by atoms with van der Waals surface area (Å²) in [5.74, 6) is -1.14. The van der Waals surface area contributed by atoms with Gasteiger partial charge < -0.3 is 9.47 Å². The number of methoxy groups -OCH3 is 1. The van der Waals surface area contributed by atoms with Crippen LogP contribution in [0, 0.1) is 0 Å². The summed E-state index contributed by atoms with van der Waals surface area (Å²) in [4.78, 5) is 24.9. The highest BCUT2D eigenvalue weighted by Gasteiger charge is 2.34. The molecule has 0 amide bonds. The third kappa shape index (κ3) is 2.92. The van der Waals surface area contributed by atoms with E-state index in [0.29, 0.717) is 5.56 Å². The number of esters is 1. The van der Waals surface area contributed by atoms with Crippen LogP contribution in [0.2, 0.25) is 0 Å². The largest absolute Gasteiger partial charge is 0.489 e. The molecule has 0 aromatic heterocycles. The fraction of sp³-hybridized carbons (Fsp3) is 0.0526. The molecule has 0 unspecified atom stereocenters. The first kappa shape index (κ1) is 14.8. The van der Waals surface area contributed by atoms with Crippen LogP contribution in [-0.2, 0) is 19.1 Å². The Morgan fingerprint density at radius 2 is 1.52 bits per heavy atom. The van der Waals surface area contributed by atoms with Gasteiger partial charge in [0.05, 0.1) is 12.7 Å². The van der Waals surface area contributed by atoms with Crippen molar-refractivity contribution in [3.05, 3.63) is 83.3 Å². The Hall–Kier alpha value is -3.14. The predicted octanol–water partition coefficient (Wildman–Crippen LogP) is 3.21. The second kappa shape index (κ2) is 6.32. The fourth-order valence-electron chi connectivity index (χ4n) is 2.37. The molecule has 4 heteroatoms. The summed E-state index contributed by atoms with van der Waals surface area (Å²) in [7, 11) is 1.35. The van der Waals surface area contributed by atoms with Crippen LogP contribution in [0.15, 0.2) is 72.2 Å². The predicted molar refractivity (Wildman–Crippen MR) is 85.9 cm³/mol. The van der Waals surface area contributed by atoms with Crippen LogP contribution in [0.4, 0.5) is 0 Å². The van der Waals surface area contributed by atoms with E-state index < -0.39 is 5.97 Å². The summed E-state index contributed by atoms with van der Waals surface area (Å²) in [6.07, 6.45) is 1.55. The molecule has 0 radical (unpaired) electrons. The third-order valence-electron chi connectivity index (χ3n) is 3.43. The van der Waals surface area contributed by atoms with E-state index in [1.807, 2.05) is 36.4 Å². The van der Waals surface area contributed by atoms with E-state index in [1.165, 1.54) is 7.11 Å². The van der Waals surface area contributed by atoms with Crippen molar-refractivity contribution in [1.29, 1.82) is 0 Å². The summed E-state index contributed by atoms with van der Waals surface area (Å²) in [5, 5.41) is 0. The second-order valence-corrected chi connectivity index (χ2v) is 4.91. The van der Waals surface area contributed by atoms with Gasteiger partial charge in [0.25, 0.3) is 0 Å². The summed E-state index contributed by atoms with van der Waals surface area (Å²) < 4.78 is 10.2. The fourth-order valence-corrected chi connectivity index (χ4v) is 2.37. The number of carbonyl (C=O) groups excluding carboxylic acids is 2. The molecule has 0 saturated carbocycles. The molecule has 1 aliphatic rings. The number of Topliss-reactive ketones (excluding diaryl/α,β-unsaturated/α-hetero) is 1. The Morgan fingerprint density at radius 1 is 0.913 bits per heavy atom. The van der Waals surface area contributed by atoms with Gasteiger partial charge in [-0.1, -0.05) is 60.7 Å². The van der Waals surface area contributed by atoms with Crippen molar-refractivity contribution in [3.8, 4) is 0 Å². The quantitative estimate of drug-likeness (QED) is 0.645. The number of ether oxygens (including phenoxy) is 2. The first-order valence-corrected chi connectivity index (χ1v) is 7.08. The second-order valence-electron chi connectivity index (χ2n) is 4.91. The Kier molecular flexibility index (Phi) is 4.06. The average Bonchev–Trinajstić information content (AvgIpc) is 2.59. The van der Waals surface area contributed by atoms with E-state index in [1.54, 1.807) is 30.3 Å². The summed E-state index contributed by atoms with van der Waals surface area (Å²) in [6.45, 7) is 0. The van der Waals surface area contributed by atoms with Gasteiger partial charge in [-0.15, -0.1) is 0 Å². The molecule has 0 bridgehead atoms. The molecule has 0 fully saturated rings. The van der Waals surface area contributed by atoms with E-state index in [9.17, 15) is 9.59 Å². The van der Waals surface area contributed by atoms with Crippen LogP contribution in [0.1, 0.15) is 11.1 Å². The molecule has 0 N–H and O–H groups in total. The Bertz CT molecular complexity index is 802. The first-order valence-electron chi connectivity index (χ1n) is 7.08. The summed E-state index contributed by atoms with van der Waals surface area (Å²) in [6, 6.07) is 18.1. The zero-order chi connectivity index (χ0) is 16.2. The SMILES string of the molecule is COC1=C(c2ccccc2)C(=O)/C(=C/c2ccccc2)OC1=O. The maximum absolute atomic E-state index is 12.8. The molecule has 114 valence electrons. The highest BCUT2D eigenvalue weighted by molar-refractivity contribution is 6.35. The van der Waals surface area contributed by atoms with Gasteiger partial charge in [-0.3, -0.25) is 4.79 Å². The van der Waals surface area contributed by atoms with Crippen molar-refractivity contribution in [1.82, 2.24) is 0 Å². The lowest BCUT2D eigenvalue weighted by Crippen LogP contribution is -2.24. The normalized spacial score (nSPS) is 16.5. The van der Waals surface area contributed by atoms with Crippen molar-refractivity contribution >= 4 is 23.4 Å². The van der Waals surface area contributed by atoms with Gasteiger partial charge in [0, 0.05) is 0 Å². The van der Waals surface area contributed by atoms with E-state index in [2.05, 4.69) is 0 Å². The topological polar surface area (TPSA) is 52.6 Å². The minimum absolute atomic E-state index is 0.0131. The Labute approximate surface area is 133 Å². The zero-order valence-electron chi connectivity index (χ0n) is 12.5. The number of allylic oxidation sites excluding steroid dienone is 1. The lowest BCUT2D eigenvalue weighted by Gasteiger charge is -2.19. The minimum Gasteiger partial charge on any atom is -0.489 e. The zero-order valence-corrected chi connectivity index (χ0v) is 12.5. The highest BCUT2D eigenvalue weighted by Crippen LogP contribution is 2.30. The summed E-state index contributed by atoms with van der Waals surface area (Å²) in [5.41, 5.74) is 1.61. The molecular weight excluding hydrogens is 292 g/mol. The van der Waals surface area contributed by atoms with Gasteiger partial charge in [-0.2, -0.15) is 0 Å². The van der Waals surface area contributed by atoms with Crippen molar-refractivity contribution in [3.63, 3.8) is 0 Å². The first-order chi connectivity index (χ1) is 11.2. The van der Waals surface area contributed by atoms with Crippen LogP contribution in [-0.4, -0.2) is 18.9 Å². The van der Waals surface area contributed by atoms with E-state index in [4.69, 9.17) is 9.47 Å². The van der Waals surface area contributed by atoms with Crippen molar-refractivity contribution in [2.24, 2.45) is 0 Å². The van der Waals surface area contributed by atoms with Crippen LogP contribution in [0.3, 0.4) is 0 Å². The van der Waals surface area contributed by atoms with Gasteiger partial charge in [-0.25, -0.2) is 4.79 Å². The number of carbonyl (C=O) groups is 2. The number of rotatable bonds is 3. The van der Waals surface area contributed by atoms with Gasteiger partial charge in [0.1, 0.15) is 0 Å². The monoisotopic (exact) mass is 306 g/mol. The van der Waals surface area contributed by atoms with Gasteiger partial charge in [0.15, 0.2) is 5.76 Å². The Morgan fingerprint density at radius 3 is 2.13 bits per heavy atom. The van der Waals surface area contributed by atoms with E-state index in [-0.39, 0.29) is 22.9 Å². The molecule has 0 spiro atoms. The smallest absolute Gasteiger partial charge is 0.379 e. The van der Waals surface area contributed by atoms with Gasteiger partial charge in [-0.05, 0) is 17.2 Å². The number of hydrogen-bond acceptors (Lipinski definition) is 4. The molecule has 0 atom stereocenters. The number of cyclic esters (lactones) is 1. The summed E-state index contributed by atoms with van der Waals surface area (Å²) >= 11 is 0. The maximum atomic E-state index is 12.8. The van der Waals surface area contributed by atoms with Crippen LogP contribution in [0.5, 0.6) is 0 Å². The van der Waals surface area contributed by atoms with Crippen LogP contribution in [0.25, 0.3) is 11.6 Å². The molecule has 1 aliphatic heterocycles. The van der Waals surface area contributed by atoms with Crippen molar-refractivity contribution in [2.45, 2.75) is 0 Å². The number of benzene rings is 2. The number of ketones is 1.